The van der Waals surface area contributed by atoms with E-state index in [9.17, 15) is 24.6 Å². The summed E-state index contributed by atoms with van der Waals surface area (Å²) in [6.07, 6.45) is 6.42. The fourth-order valence-corrected chi connectivity index (χ4v) is 6.65. The molecule has 1 aromatic heterocycles. The summed E-state index contributed by atoms with van der Waals surface area (Å²) in [4.78, 5) is 45.4. The van der Waals surface area contributed by atoms with Crippen molar-refractivity contribution in [2.24, 2.45) is 5.92 Å². The van der Waals surface area contributed by atoms with Crippen molar-refractivity contribution in [1.29, 1.82) is 0 Å². The van der Waals surface area contributed by atoms with Crippen LogP contribution in [-0.4, -0.2) is 68.8 Å². The Kier molecular flexibility index (Phi) is 10.5. The number of aryl methyl sites for hydroxylation is 1. The van der Waals surface area contributed by atoms with E-state index in [-0.39, 0.29) is 19.4 Å². The lowest BCUT2D eigenvalue weighted by Crippen LogP contribution is -2.46. The van der Waals surface area contributed by atoms with Gasteiger partial charge < -0.3 is 29.3 Å². The number of aliphatic carboxylic acids is 1. The number of carboxylic acids is 1. The van der Waals surface area contributed by atoms with Crippen molar-refractivity contribution in [3.05, 3.63) is 41.1 Å². The number of ether oxygens (including phenoxy) is 3. The zero-order valence-electron chi connectivity index (χ0n) is 26.0. The van der Waals surface area contributed by atoms with E-state index in [4.69, 9.17) is 25.8 Å². The second kappa shape index (κ2) is 13.7. The summed E-state index contributed by atoms with van der Waals surface area (Å²) in [7, 11) is 1.52. The molecule has 1 saturated heterocycles. The van der Waals surface area contributed by atoms with Gasteiger partial charge >= 0.3 is 11.9 Å². The van der Waals surface area contributed by atoms with Crippen LogP contribution in [0.5, 0.6) is 11.5 Å². The second-order valence-electron chi connectivity index (χ2n) is 12.7. The Balaban J connectivity index is 1.64. The minimum absolute atomic E-state index is 0.0261. The van der Waals surface area contributed by atoms with Crippen molar-refractivity contribution in [3.63, 3.8) is 0 Å². The third-order valence-electron chi connectivity index (χ3n) is 8.31. The van der Waals surface area contributed by atoms with Crippen molar-refractivity contribution in [2.75, 3.05) is 13.7 Å². The van der Waals surface area contributed by atoms with Crippen LogP contribution in [0, 0.1) is 5.92 Å². The van der Waals surface area contributed by atoms with Gasteiger partial charge in [-0.2, -0.15) is 0 Å². The predicted octanol–water partition coefficient (Wildman–Crippen LogP) is 5.62. The number of esters is 1. The summed E-state index contributed by atoms with van der Waals surface area (Å²) in [6, 6.07) is 2.34. The second-order valence-corrected chi connectivity index (χ2v) is 13.1. The highest BCUT2D eigenvalue weighted by Crippen LogP contribution is 2.47. The van der Waals surface area contributed by atoms with E-state index in [0.29, 0.717) is 58.8 Å². The van der Waals surface area contributed by atoms with E-state index >= 15 is 0 Å². The van der Waals surface area contributed by atoms with Crippen LogP contribution in [-0.2, 0) is 32.1 Å². The average molecular weight is 631 g/mol. The molecule has 1 spiro atoms. The molecule has 0 aliphatic carbocycles. The minimum atomic E-state index is -1.14. The van der Waals surface area contributed by atoms with Gasteiger partial charge in [0.1, 0.15) is 34.4 Å². The maximum absolute atomic E-state index is 14.1. The number of hydrogen-bond acceptors (Lipinski definition) is 8. The number of halogens is 1. The first-order valence-corrected chi connectivity index (χ1v) is 15.5. The molecular weight excluding hydrogens is 588 g/mol. The summed E-state index contributed by atoms with van der Waals surface area (Å²) in [5, 5.41) is 21.5. The third kappa shape index (κ3) is 7.29. The van der Waals surface area contributed by atoms with Crippen molar-refractivity contribution < 1.29 is 38.8 Å². The number of aromatic nitrogens is 1. The zero-order valence-corrected chi connectivity index (χ0v) is 26.7. The number of amides is 1. The first-order chi connectivity index (χ1) is 20.8. The fraction of sp³-hybridized carbons (Fsp3) is 0.576. The number of allylic oxidation sites excluding steroid dienone is 1. The molecule has 1 fully saturated rings. The first-order valence-electron chi connectivity index (χ1n) is 15.2. The Morgan fingerprint density at radius 1 is 1.27 bits per heavy atom. The Morgan fingerprint density at radius 3 is 2.66 bits per heavy atom. The van der Waals surface area contributed by atoms with E-state index < -0.39 is 47.6 Å². The SMILES string of the molecule is C=CCCCCC[C@H](CC(=O)OC(C)(C)C)C(=O)N1CC2(CCc3c(c(CO)nc4ccc(OC)c(Cl)c34)O2)C[C@H]1C(=O)O. The summed E-state index contributed by atoms with van der Waals surface area (Å²) in [6.45, 7) is 8.67. The van der Waals surface area contributed by atoms with Crippen LogP contribution in [0.4, 0.5) is 0 Å². The molecule has 1 aromatic carbocycles. The molecule has 3 atom stereocenters. The molecule has 44 heavy (non-hydrogen) atoms. The fourth-order valence-electron chi connectivity index (χ4n) is 6.30. The van der Waals surface area contributed by atoms with Crippen molar-refractivity contribution >= 4 is 40.3 Å². The normalized spacial score (nSPS) is 20.2. The van der Waals surface area contributed by atoms with E-state index in [1.165, 1.54) is 12.0 Å². The number of carbonyl (C=O) groups is 3. The van der Waals surface area contributed by atoms with Crippen LogP contribution in [0.25, 0.3) is 10.9 Å². The van der Waals surface area contributed by atoms with E-state index in [1.54, 1.807) is 32.9 Å². The molecule has 10 nitrogen and oxygen atoms in total. The van der Waals surface area contributed by atoms with Crippen molar-refractivity contribution in [1.82, 2.24) is 9.88 Å². The van der Waals surface area contributed by atoms with Crippen LogP contribution in [0.15, 0.2) is 24.8 Å². The monoisotopic (exact) mass is 630 g/mol. The molecule has 3 heterocycles. The highest BCUT2D eigenvalue weighted by molar-refractivity contribution is 6.37. The van der Waals surface area contributed by atoms with E-state index in [1.807, 2.05) is 6.08 Å². The number of benzene rings is 1. The first kappa shape index (κ1) is 33.5. The lowest BCUT2D eigenvalue weighted by molar-refractivity contribution is -0.159. The van der Waals surface area contributed by atoms with Gasteiger partial charge in [-0.25, -0.2) is 9.78 Å². The Labute approximate surface area is 263 Å². The number of carbonyl (C=O) groups excluding carboxylic acids is 2. The number of likely N-dealkylation sites (tertiary alicyclic amines) is 1. The number of hydrogen-bond donors (Lipinski definition) is 2. The molecule has 2 aliphatic heterocycles. The molecule has 2 aromatic rings. The van der Waals surface area contributed by atoms with Crippen molar-refractivity contribution in [2.45, 2.75) is 102 Å². The molecule has 1 amide bonds. The van der Waals surface area contributed by atoms with Gasteiger partial charge in [-0.1, -0.05) is 30.5 Å². The maximum atomic E-state index is 14.1. The molecule has 11 heteroatoms. The Bertz CT molecular complexity index is 1420. The lowest BCUT2D eigenvalue weighted by Gasteiger charge is -2.37. The predicted molar refractivity (Wildman–Crippen MR) is 166 cm³/mol. The third-order valence-corrected chi connectivity index (χ3v) is 8.68. The van der Waals surface area contributed by atoms with Gasteiger partial charge in [0.05, 0.1) is 37.2 Å². The maximum Gasteiger partial charge on any atom is 0.326 e. The number of pyridine rings is 1. The summed E-state index contributed by atoms with van der Waals surface area (Å²) in [5.41, 5.74) is -0.0758. The molecule has 0 saturated carbocycles. The van der Waals surface area contributed by atoms with Crippen LogP contribution >= 0.6 is 11.6 Å². The van der Waals surface area contributed by atoms with Gasteiger partial charge in [-0.05, 0) is 65.0 Å². The molecule has 0 bridgehead atoms. The highest BCUT2D eigenvalue weighted by Gasteiger charge is 2.53. The number of aliphatic hydroxyl groups excluding tert-OH is 1. The Morgan fingerprint density at radius 2 is 2.02 bits per heavy atom. The van der Waals surface area contributed by atoms with E-state index in [0.717, 1.165) is 24.8 Å². The largest absolute Gasteiger partial charge is 0.495 e. The highest BCUT2D eigenvalue weighted by atomic mass is 35.5. The lowest BCUT2D eigenvalue weighted by atomic mass is 9.87. The minimum Gasteiger partial charge on any atom is -0.495 e. The summed E-state index contributed by atoms with van der Waals surface area (Å²) in [5.74, 6) is -1.94. The van der Waals surface area contributed by atoms with Gasteiger partial charge in [0, 0.05) is 23.3 Å². The van der Waals surface area contributed by atoms with E-state index in [2.05, 4.69) is 11.6 Å². The molecular formula is C33H43ClN2O8. The molecule has 240 valence electrons. The smallest absolute Gasteiger partial charge is 0.326 e. The summed E-state index contributed by atoms with van der Waals surface area (Å²) < 4.78 is 17.5. The van der Waals surface area contributed by atoms with Crippen LogP contribution in [0.1, 0.15) is 83.4 Å². The average Bonchev–Trinajstić information content (AvgIpc) is 3.33. The molecule has 0 radical (unpaired) electrons. The summed E-state index contributed by atoms with van der Waals surface area (Å²) >= 11 is 6.68. The standard InChI is InChI=1S/C33H43ClN2O8/c1-6-7-8-9-10-11-20(16-26(38)43-32(2,3)4)30(39)36-19-33(17-24(36)31(40)41)15-14-21-27-22(12-13-25(42-5)28(27)34)35-23(18-37)29(21)44-33/h6,12-13,20,24,37H,1,7-11,14-19H2,2-5H3,(H,40,41)/t20-,24+,33?/m1/s1. The zero-order chi connectivity index (χ0) is 32.2. The topological polar surface area (TPSA) is 135 Å². The molecule has 2 aliphatic rings. The molecule has 4 rings (SSSR count). The number of nitrogens with zero attached hydrogens (tertiary/aromatic N) is 2. The van der Waals surface area contributed by atoms with Crippen LogP contribution in [0.2, 0.25) is 5.02 Å². The molecule has 1 unspecified atom stereocenters. The Hall–Kier alpha value is -3.37. The van der Waals surface area contributed by atoms with Gasteiger partial charge in [-0.15, -0.1) is 6.58 Å². The van der Waals surface area contributed by atoms with Gasteiger partial charge in [0.25, 0.3) is 0 Å². The van der Waals surface area contributed by atoms with Gasteiger partial charge in [0.2, 0.25) is 5.91 Å². The van der Waals surface area contributed by atoms with Gasteiger partial charge in [0.15, 0.2) is 0 Å². The number of carboxylic acid groups (broad SMARTS) is 1. The number of fused-ring (bicyclic) bond motifs is 3. The van der Waals surface area contributed by atoms with Crippen molar-refractivity contribution in [3.8, 4) is 11.5 Å². The number of rotatable bonds is 12. The molecule has 2 N–H and O–H groups in total. The number of unbranched alkanes of at least 4 members (excludes halogenated alkanes) is 3. The van der Waals surface area contributed by atoms with Crippen LogP contribution < -0.4 is 9.47 Å². The number of methoxy groups -OCH3 is 1. The van der Waals surface area contributed by atoms with Crippen LogP contribution in [0.3, 0.4) is 0 Å². The number of aliphatic hydroxyl groups is 1. The quantitative estimate of drug-likeness (QED) is 0.174. The van der Waals surface area contributed by atoms with Gasteiger partial charge in [-0.3, -0.25) is 9.59 Å².